The average molecular weight is 257 g/mol. The van der Waals surface area contributed by atoms with Gasteiger partial charge in [-0.15, -0.1) is 10.2 Å². The summed E-state index contributed by atoms with van der Waals surface area (Å²) in [5, 5.41) is 8.28. The zero-order valence-corrected chi connectivity index (χ0v) is 11.4. The summed E-state index contributed by atoms with van der Waals surface area (Å²) in [6.07, 6.45) is 0.764. The summed E-state index contributed by atoms with van der Waals surface area (Å²) in [6.45, 7) is 7.75. The molecule has 2 rings (SSSR count). The monoisotopic (exact) mass is 257 g/mol. The number of hydrogen-bond donors (Lipinski definition) is 0. The first-order chi connectivity index (χ1) is 8.11. The second-order valence-electron chi connectivity index (χ2n) is 4.45. The summed E-state index contributed by atoms with van der Waals surface area (Å²) in [7, 11) is -0.683. The van der Waals surface area contributed by atoms with Crippen molar-refractivity contribution in [2.45, 2.75) is 38.5 Å². The number of hydrogen-bond acceptors (Lipinski definition) is 5. The van der Waals surface area contributed by atoms with E-state index in [-0.39, 0.29) is 11.3 Å². The predicted octanol–water partition coefficient (Wildman–Crippen LogP) is 1.15. The van der Waals surface area contributed by atoms with Gasteiger partial charge in [0.2, 0.25) is 11.8 Å². The van der Waals surface area contributed by atoms with Gasteiger partial charge in [-0.2, -0.15) is 0 Å². The van der Waals surface area contributed by atoms with E-state index in [1.807, 2.05) is 13.8 Å². The summed E-state index contributed by atoms with van der Waals surface area (Å²) >= 11 is 0. The smallest absolute Gasteiger partial charge is 0.233 e. The third-order valence-electron chi connectivity index (χ3n) is 3.21. The van der Waals surface area contributed by atoms with E-state index >= 15 is 0 Å². The van der Waals surface area contributed by atoms with Crippen molar-refractivity contribution in [2.75, 3.05) is 18.8 Å². The van der Waals surface area contributed by atoms with Crippen LogP contribution in [0.25, 0.3) is 0 Å². The highest BCUT2D eigenvalue weighted by molar-refractivity contribution is 7.85. The zero-order valence-electron chi connectivity index (χ0n) is 10.5. The van der Waals surface area contributed by atoms with Crippen molar-refractivity contribution < 1.29 is 8.63 Å². The first-order valence-corrected chi connectivity index (χ1v) is 7.43. The van der Waals surface area contributed by atoms with E-state index < -0.39 is 10.8 Å². The molecule has 5 nitrogen and oxygen atoms in total. The van der Waals surface area contributed by atoms with Gasteiger partial charge in [-0.05, 0) is 13.8 Å². The Bertz CT molecular complexity index is 407. The SMILES string of the molecule is CCc1nnc(C(C)N2CCS(=O)C(C)C2)o1. The summed E-state index contributed by atoms with van der Waals surface area (Å²) in [5.74, 6) is 2.09. The summed E-state index contributed by atoms with van der Waals surface area (Å²) in [4.78, 5) is 2.26. The first-order valence-electron chi connectivity index (χ1n) is 6.05. The second kappa shape index (κ2) is 5.27. The molecule has 96 valence electrons. The highest BCUT2D eigenvalue weighted by Gasteiger charge is 2.28. The van der Waals surface area contributed by atoms with Crippen molar-refractivity contribution in [3.05, 3.63) is 11.8 Å². The third kappa shape index (κ3) is 2.74. The molecule has 0 radical (unpaired) electrons. The first kappa shape index (κ1) is 12.7. The van der Waals surface area contributed by atoms with E-state index in [4.69, 9.17) is 4.42 Å². The molecular formula is C11H19N3O2S. The van der Waals surface area contributed by atoms with E-state index in [9.17, 15) is 4.21 Å². The third-order valence-corrected chi connectivity index (χ3v) is 4.84. The molecule has 0 saturated carbocycles. The molecule has 1 fully saturated rings. The molecular weight excluding hydrogens is 238 g/mol. The molecule has 0 N–H and O–H groups in total. The van der Waals surface area contributed by atoms with Gasteiger partial charge in [-0.3, -0.25) is 9.11 Å². The maximum absolute atomic E-state index is 11.6. The van der Waals surface area contributed by atoms with E-state index in [0.717, 1.165) is 25.3 Å². The van der Waals surface area contributed by atoms with Crippen LogP contribution in [0.1, 0.15) is 38.6 Å². The number of aromatic nitrogens is 2. The Morgan fingerprint density at radius 3 is 2.94 bits per heavy atom. The molecule has 0 aliphatic carbocycles. The van der Waals surface area contributed by atoms with Crippen molar-refractivity contribution in [1.29, 1.82) is 0 Å². The van der Waals surface area contributed by atoms with Gasteiger partial charge in [0.15, 0.2) is 0 Å². The quantitative estimate of drug-likeness (QED) is 0.813. The summed E-state index contributed by atoms with van der Waals surface area (Å²) < 4.78 is 17.2. The molecule has 3 unspecified atom stereocenters. The minimum absolute atomic E-state index is 0.113. The second-order valence-corrected chi connectivity index (χ2v) is 6.43. The molecule has 6 heteroatoms. The molecule has 1 saturated heterocycles. The van der Waals surface area contributed by atoms with E-state index in [2.05, 4.69) is 22.0 Å². The van der Waals surface area contributed by atoms with Gasteiger partial charge in [0.05, 0.1) is 6.04 Å². The molecule has 0 bridgehead atoms. The van der Waals surface area contributed by atoms with E-state index in [1.54, 1.807) is 0 Å². The van der Waals surface area contributed by atoms with Crippen LogP contribution in [0.15, 0.2) is 4.42 Å². The highest BCUT2D eigenvalue weighted by atomic mass is 32.2. The molecule has 0 amide bonds. The van der Waals surface area contributed by atoms with E-state index in [0.29, 0.717) is 11.8 Å². The maximum atomic E-state index is 11.6. The predicted molar refractivity (Wildman–Crippen MR) is 66.1 cm³/mol. The minimum atomic E-state index is -0.683. The minimum Gasteiger partial charge on any atom is -0.424 e. The largest absolute Gasteiger partial charge is 0.424 e. The van der Waals surface area contributed by atoms with Crippen molar-refractivity contribution in [1.82, 2.24) is 15.1 Å². The molecule has 17 heavy (non-hydrogen) atoms. The van der Waals surface area contributed by atoms with Crippen LogP contribution < -0.4 is 0 Å². The molecule has 1 aliphatic rings. The van der Waals surface area contributed by atoms with Gasteiger partial charge in [0.25, 0.3) is 0 Å². The van der Waals surface area contributed by atoms with Gasteiger partial charge in [-0.1, -0.05) is 6.92 Å². The Hall–Kier alpha value is -0.750. The van der Waals surface area contributed by atoms with Crippen LogP contribution in [0.2, 0.25) is 0 Å². The van der Waals surface area contributed by atoms with Crippen LogP contribution >= 0.6 is 0 Å². The molecule has 0 aromatic carbocycles. The van der Waals surface area contributed by atoms with Crippen LogP contribution in [-0.4, -0.2) is 43.4 Å². The number of rotatable bonds is 3. The standard InChI is InChI=1S/C11H19N3O2S/c1-4-10-12-13-11(16-10)9(3)14-5-6-17(15)8(2)7-14/h8-9H,4-7H2,1-3H3. The van der Waals surface area contributed by atoms with Crippen molar-refractivity contribution in [3.63, 3.8) is 0 Å². The fraction of sp³-hybridized carbons (Fsp3) is 0.818. The van der Waals surface area contributed by atoms with Gasteiger partial charge in [0, 0.05) is 41.3 Å². The molecule has 0 spiro atoms. The normalized spacial score (nSPS) is 28.2. The molecule has 1 aromatic rings. The Kier molecular flexibility index (Phi) is 3.93. The van der Waals surface area contributed by atoms with Gasteiger partial charge >= 0.3 is 0 Å². The molecule has 3 atom stereocenters. The lowest BCUT2D eigenvalue weighted by atomic mass is 10.2. The van der Waals surface area contributed by atoms with Crippen LogP contribution in [-0.2, 0) is 17.2 Å². The molecule has 2 heterocycles. The lowest BCUT2D eigenvalue weighted by Gasteiger charge is -2.33. The van der Waals surface area contributed by atoms with Crippen LogP contribution in [0.3, 0.4) is 0 Å². The Morgan fingerprint density at radius 1 is 1.59 bits per heavy atom. The van der Waals surface area contributed by atoms with Gasteiger partial charge in [0.1, 0.15) is 0 Å². The Balaban J connectivity index is 2.04. The fourth-order valence-corrected chi connectivity index (χ4v) is 3.17. The van der Waals surface area contributed by atoms with Crippen LogP contribution in [0.5, 0.6) is 0 Å². The zero-order chi connectivity index (χ0) is 12.4. The fourth-order valence-electron chi connectivity index (χ4n) is 2.00. The summed E-state index contributed by atoms with van der Waals surface area (Å²) in [6, 6.07) is 0.113. The van der Waals surface area contributed by atoms with Crippen LogP contribution in [0, 0.1) is 0 Å². The van der Waals surface area contributed by atoms with Crippen molar-refractivity contribution >= 4 is 10.8 Å². The lowest BCUT2D eigenvalue weighted by molar-refractivity contribution is 0.187. The number of aryl methyl sites for hydroxylation is 1. The highest BCUT2D eigenvalue weighted by Crippen LogP contribution is 2.22. The Morgan fingerprint density at radius 2 is 2.35 bits per heavy atom. The van der Waals surface area contributed by atoms with Crippen molar-refractivity contribution in [3.8, 4) is 0 Å². The summed E-state index contributed by atoms with van der Waals surface area (Å²) in [5.41, 5.74) is 0. The molecule has 1 aliphatic heterocycles. The van der Waals surface area contributed by atoms with E-state index in [1.165, 1.54) is 0 Å². The Labute approximate surface area is 104 Å². The van der Waals surface area contributed by atoms with Gasteiger partial charge < -0.3 is 4.42 Å². The maximum Gasteiger partial charge on any atom is 0.233 e. The molecule has 1 aromatic heterocycles. The van der Waals surface area contributed by atoms with Gasteiger partial charge in [-0.25, -0.2) is 0 Å². The van der Waals surface area contributed by atoms with Crippen molar-refractivity contribution in [2.24, 2.45) is 0 Å². The van der Waals surface area contributed by atoms with Crippen LogP contribution in [0.4, 0.5) is 0 Å². The lowest BCUT2D eigenvalue weighted by Crippen LogP contribution is -2.43. The average Bonchev–Trinajstić information content (AvgIpc) is 2.80. The number of nitrogens with zero attached hydrogens (tertiary/aromatic N) is 3. The topological polar surface area (TPSA) is 59.2 Å².